The van der Waals surface area contributed by atoms with Crippen molar-refractivity contribution < 1.29 is 80.2 Å². The Kier molecular flexibility index (Phi) is 64.3. The van der Waals surface area contributed by atoms with Crippen molar-refractivity contribution in [3.8, 4) is 0 Å². The molecule has 0 bridgehead atoms. The van der Waals surface area contributed by atoms with Crippen molar-refractivity contribution in [2.75, 3.05) is 39.6 Å². The fourth-order valence-electron chi connectivity index (χ4n) is 11.4. The second-order valence-electron chi connectivity index (χ2n) is 28.2. The molecule has 0 aromatic carbocycles. The van der Waals surface area contributed by atoms with Crippen LogP contribution in [0.2, 0.25) is 0 Å². The summed E-state index contributed by atoms with van der Waals surface area (Å²) in [6, 6.07) is 0. The molecule has 17 nitrogen and oxygen atoms in total. The minimum atomic E-state index is -4.96. The van der Waals surface area contributed by atoms with E-state index in [0.717, 1.165) is 120 Å². The summed E-state index contributed by atoms with van der Waals surface area (Å²) in [5.74, 6) is 0.247. The highest BCUT2D eigenvalue weighted by molar-refractivity contribution is 7.47. The number of unbranched alkanes of at least 4 members (excludes halogenated alkanes) is 40. The van der Waals surface area contributed by atoms with Crippen molar-refractivity contribution in [3.05, 3.63) is 0 Å². The van der Waals surface area contributed by atoms with Crippen molar-refractivity contribution >= 4 is 39.5 Å². The molecule has 0 aromatic heterocycles. The van der Waals surface area contributed by atoms with Crippen LogP contribution in [0.15, 0.2) is 0 Å². The number of hydrogen-bond donors (Lipinski definition) is 3. The standard InChI is InChI=1S/C75H146O17P2/c1-8-10-11-12-32-42-49-56-72(77)85-62-70(92-75(80)59-52-45-38-31-30-35-41-48-55-68(7)9-2)64-89-93(81,82)87-60-69(76)61-88-94(83,84)90-65-71(63-86-73(78)57-50-43-36-28-24-20-17-16-19-23-27-34-40-47-54-67(5)6)91-74(79)58-51-44-37-29-25-21-15-13-14-18-22-26-33-39-46-53-66(3)4/h66-71,76H,8-65H2,1-7H3,(H,81,82)(H,83,84)/t68?,69-,70+,71+/m0/s1. The van der Waals surface area contributed by atoms with E-state index in [9.17, 15) is 43.2 Å². The van der Waals surface area contributed by atoms with Gasteiger partial charge in [0.1, 0.15) is 19.3 Å². The van der Waals surface area contributed by atoms with Crippen LogP contribution in [0.4, 0.5) is 0 Å². The van der Waals surface area contributed by atoms with E-state index in [4.69, 9.17) is 37.0 Å². The maximum Gasteiger partial charge on any atom is 0.472 e. The number of rotatable bonds is 73. The second-order valence-corrected chi connectivity index (χ2v) is 31.1. The molecule has 0 spiro atoms. The zero-order valence-electron chi connectivity index (χ0n) is 61.4. The van der Waals surface area contributed by atoms with Gasteiger partial charge in [0, 0.05) is 25.7 Å². The van der Waals surface area contributed by atoms with E-state index in [0.29, 0.717) is 25.7 Å². The number of ether oxygens (including phenoxy) is 4. The lowest BCUT2D eigenvalue weighted by molar-refractivity contribution is -0.161. The number of carbonyl (C=O) groups is 4. The van der Waals surface area contributed by atoms with Crippen LogP contribution in [-0.4, -0.2) is 96.7 Å². The third-order valence-electron chi connectivity index (χ3n) is 17.7. The van der Waals surface area contributed by atoms with Crippen LogP contribution in [0.3, 0.4) is 0 Å². The first kappa shape index (κ1) is 92.1. The molecule has 0 heterocycles. The first-order chi connectivity index (χ1) is 45.3. The van der Waals surface area contributed by atoms with E-state index in [1.807, 2.05) is 0 Å². The van der Waals surface area contributed by atoms with Gasteiger partial charge in [0.25, 0.3) is 0 Å². The normalized spacial score (nSPS) is 14.4. The number of phosphoric acid groups is 2. The SMILES string of the molecule is CCCCCCCCCC(=O)OC[C@H](COP(=O)(O)OC[C@H](O)COP(=O)(O)OC[C@@H](COC(=O)CCCCCCCCCCCCCCCCC(C)C)OC(=O)CCCCCCCCCCCCCCCCCC(C)C)OC(=O)CCCCCCCCCCC(C)CC. The molecule has 0 aromatic rings. The molecule has 0 amide bonds. The largest absolute Gasteiger partial charge is 0.472 e. The van der Waals surface area contributed by atoms with Crippen LogP contribution in [0.1, 0.15) is 382 Å². The van der Waals surface area contributed by atoms with E-state index >= 15 is 0 Å². The second kappa shape index (κ2) is 65.7. The van der Waals surface area contributed by atoms with Crippen LogP contribution < -0.4 is 0 Å². The molecule has 0 aliphatic carbocycles. The summed E-state index contributed by atoms with van der Waals surface area (Å²) in [6.07, 6.45) is 51.4. The molecule has 0 radical (unpaired) electrons. The van der Waals surface area contributed by atoms with Crippen molar-refractivity contribution in [2.45, 2.75) is 401 Å². The average Bonchev–Trinajstić information content (AvgIpc) is 1.35. The Morgan fingerprint density at radius 3 is 0.809 bits per heavy atom. The maximum atomic E-state index is 13.1. The van der Waals surface area contributed by atoms with E-state index in [1.165, 1.54) is 180 Å². The third-order valence-corrected chi connectivity index (χ3v) is 19.6. The number of carbonyl (C=O) groups excluding carboxylic acids is 4. The first-order valence-electron chi connectivity index (χ1n) is 38.9. The predicted octanol–water partition coefficient (Wildman–Crippen LogP) is 21.8. The van der Waals surface area contributed by atoms with Gasteiger partial charge in [0.15, 0.2) is 12.2 Å². The smallest absolute Gasteiger partial charge is 0.462 e. The number of aliphatic hydroxyl groups excluding tert-OH is 1. The summed E-state index contributed by atoms with van der Waals surface area (Å²) in [5.41, 5.74) is 0. The van der Waals surface area contributed by atoms with Crippen molar-refractivity contribution in [1.82, 2.24) is 0 Å². The van der Waals surface area contributed by atoms with Crippen molar-refractivity contribution in [3.63, 3.8) is 0 Å². The van der Waals surface area contributed by atoms with Crippen LogP contribution in [0.5, 0.6) is 0 Å². The van der Waals surface area contributed by atoms with E-state index in [1.54, 1.807) is 0 Å². The zero-order valence-corrected chi connectivity index (χ0v) is 63.2. The summed E-state index contributed by atoms with van der Waals surface area (Å²) >= 11 is 0. The quantitative estimate of drug-likeness (QED) is 0.0222. The Hall–Kier alpha value is -1.94. The Morgan fingerprint density at radius 1 is 0.309 bits per heavy atom. The van der Waals surface area contributed by atoms with Gasteiger partial charge >= 0.3 is 39.5 Å². The van der Waals surface area contributed by atoms with Crippen LogP contribution in [0.25, 0.3) is 0 Å². The number of aliphatic hydroxyl groups is 1. The van der Waals surface area contributed by atoms with Gasteiger partial charge < -0.3 is 33.8 Å². The zero-order chi connectivity index (χ0) is 69.4. The van der Waals surface area contributed by atoms with Gasteiger partial charge in [0.2, 0.25) is 0 Å². The number of hydrogen-bond acceptors (Lipinski definition) is 15. The molecule has 0 saturated carbocycles. The molecule has 3 N–H and O–H groups in total. The minimum absolute atomic E-state index is 0.104. The molecule has 0 rings (SSSR count). The summed E-state index contributed by atoms with van der Waals surface area (Å²) < 4.78 is 68.4. The molecule has 0 saturated heterocycles. The van der Waals surface area contributed by atoms with Gasteiger partial charge in [-0.1, -0.05) is 331 Å². The summed E-state index contributed by atoms with van der Waals surface area (Å²) in [7, 11) is -9.91. The molecular weight excluding hydrogens is 1230 g/mol. The van der Waals surface area contributed by atoms with Gasteiger partial charge in [-0.05, 0) is 43.4 Å². The Labute approximate surface area is 575 Å². The highest BCUT2D eigenvalue weighted by Crippen LogP contribution is 2.45. The highest BCUT2D eigenvalue weighted by atomic mass is 31.2. The minimum Gasteiger partial charge on any atom is -0.462 e. The molecule has 558 valence electrons. The summed E-state index contributed by atoms with van der Waals surface area (Å²) in [5, 5.41) is 10.6. The monoisotopic (exact) mass is 1380 g/mol. The highest BCUT2D eigenvalue weighted by Gasteiger charge is 2.30. The average molecular weight is 1380 g/mol. The molecule has 19 heteroatoms. The number of phosphoric ester groups is 2. The van der Waals surface area contributed by atoms with Gasteiger partial charge in [-0.25, -0.2) is 9.13 Å². The number of esters is 4. The Morgan fingerprint density at radius 2 is 0.543 bits per heavy atom. The topological polar surface area (TPSA) is 237 Å². The molecule has 0 aliphatic rings. The summed E-state index contributed by atoms with van der Waals surface area (Å²) in [4.78, 5) is 72.6. The van der Waals surface area contributed by atoms with Gasteiger partial charge in [0.05, 0.1) is 26.4 Å². The Balaban J connectivity index is 5.20. The fraction of sp³-hybridized carbons (Fsp3) is 0.947. The van der Waals surface area contributed by atoms with Crippen molar-refractivity contribution in [2.24, 2.45) is 17.8 Å². The lowest BCUT2D eigenvalue weighted by Crippen LogP contribution is -2.30. The fourth-order valence-corrected chi connectivity index (χ4v) is 13.0. The molecule has 94 heavy (non-hydrogen) atoms. The van der Waals surface area contributed by atoms with E-state index in [2.05, 4.69) is 48.5 Å². The Bertz CT molecular complexity index is 1840. The van der Waals surface area contributed by atoms with E-state index < -0.39 is 97.5 Å². The third kappa shape index (κ3) is 67.3. The lowest BCUT2D eigenvalue weighted by Gasteiger charge is -2.21. The van der Waals surface area contributed by atoms with Crippen molar-refractivity contribution in [1.29, 1.82) is 0 Å². The van der Waals surface area contributed by atoms with Crippen LogP contribution >= 0.6 is 15.6 Å². The van der Waals surface area contributed by atoms with Gasteiger partial charge in [-0.2, -0.15) is 0 Å². The predicted molar refractivity (Wildman–Crippen MR) is 381 cm³/mol. The molecule has 3 unspecified atom stereocenters. The maximum absolute atomic E-state index is 13.1. The first-order valence-corrected chi connectivity index (χ1v) is 41.9. The van der Waals surface area contributed by atoms with Crippen LogP contribution in [-0.2, 0) is 65.4 Å². The van der Waals surface area contributed by atoms with E-state index in [-0.39, 0.29) is 25.7 Å². The van der Waals surface area contributed by atoms with Gasteiger partial charge in [-0.3, -0.25) is 37.3 Å². The summed E-state index contributed by atoms with van der Waals surface area (Å²) in [6.45, 7) is 11.9. The van der Waals surface area contributed by atoms with Gasteiger partial charge in [-0.15, -0.1) is 0 Å². The van der Waals surface area contributed by atoms with Crippen LogP contribution in [0, 0.1) is 17.8 Å². The molecule has 0 aliphatic heterocycles. The molecular formula is C75H146O17P2. The molecule has 6 atom stereocenters. The lowest BCUT2D eigenvalue weighted by atomic mass is 9.99. The molecule has 0 fully saturated rings.